The molecule has 0 aromatic carbocycles. The first-order valence-corrected chi connectivity index (χ1v) is 5.07. The summed E-state index contributed by atoms with van der Waals surface area (Å²) in [7, 11) is 0. The van der Waals surface area contributed by atoms with Crippen LogP contribution in [0.1, 0.15) is 45.4 Å². The molecule has 4 aliphatic carbocycles. The van der Waals surface area contributed by atoms with Crippen LogP contribution >= 0.6 is 0 Å². The molecule has 4 rings (SSSR count). The van der Waals surface area contributed by atoms with Crippen molar-refractivity contribution in [2.24, 2.45) is 17.3 Å². The van der Waals surface area contributed by atoms with Gasteiger partial charge in [-0.1, -0.05) is 30.6 Å². The van der Waals surface area contributed by atoms with E-state index in [1.54, 1.807) is 19.3 Å². The standard InChI is InChI=1S/C11H17.Y/c1-11-5-8-2-9(6-11)4-10(3-8)7-11;/h8-9H,2-7H2,1H3;/q-1;. The first-order valence-electron chi connectivity index (χ1n) is 5.07. The summed E-state index contributed by atoms with van der Waals surface area (Å²) in [5, 5.41) is 0. The Morgan fingerprint density at radius 2 is 1.75 bits per heavy atom. The van der Waals surface area contributed by atoms with Crippen molar-refractivity contribution < 1.29 is 32.7 Å². The monoisotopic (exact) mass is 238 g/mol. The molecule has 0 saturated heterocycles. The predicted molar refractivity (Wildman–Crippen MR) is 46.0 cm³/mol. The topological polar surface area (TPSA) is 0 Å². The molecule has 4 aliphatic rings. The van der Waals surface area contributed by atoms with E-state index < -0.39 is 0 Å². The van der Waals surface area contributed by atoms with Crippen molar-refractivity contribution in [2.75, 3.05) is 0 Å². The summed E-state index contributed by atoms with van der Waals surface area (Å²) in [6, 6.07) is 0. The first-order chi connectivity index (χ1) is 5.23. The van der Waals surface area contributed by atoms with Gasteiger partial charge in [-0.15, -0.1) is 0 Å². The van der Waals surface area contributed by atoms with E-state index in [0.29, 0.717) is 0 Å². The van der Waals surface area contributed by atoms with Gasteiger partial charge in [0, 0.05) is 32.7 Å². The normalized spacial score (nSPS) is 50.8. The Morgan fingerprint density at radius 3 is 2.17 bits per heavy atom. The zero-order chi connectivity index (χ0) is 7.47. The van der Waals surface area contributed by atoms with Gasteiger partial charge in [-0.2, -0.15) is 19.3 Å². The van der Waals surface area contributed by atoms with Crippen molar-refractivity contribution in [3.05, 3.63) is 5.92 Å². The Kier molecular flexibility index (Phi) is 2.46. The summed E-state index contributed by atoms with van der Waals surface area (Å²) in [6.45, 7) is 2.52. The van der Waals surface area contributed by atoms with Crippen LogP contribution in [0.15, 0.2) is 0 Å². The van der Waals surface area contributed by atoms with Gasteiger partial charge in [-0.05, 0) is 12.8 Å². The molecule has 0 aliphatic heterocycles. The average Bonchev–Trinajstić information content (AvgIpc) is 1.79. The molecule has 0 nitrogen and oxygen atoms in total. The summed E-state index contributed by atoms with van der Waals surface area (Å²) in [6.07, 6.45) is 9.16. The second-order valence-corrected chi connectivity index (χ2v) is 5.52. The molecule has 4 fully saturated rings. The first kappa shape index (κ1) is 9.65. The van der Waals surface area contributed by atoms with Crippen LogP contribution in [0.2, 0.25) is 0 Å². The minimum absolute atomic E-state index is 0. The molecule has 12 heavy (non-hydrogen) atoms. The molecule has 2 atom stereocenters. The number of rotatable bonds is 0. The van der Waals surface area contributed by atoms with Crippen LogP contribution in [0.5, 0.6) is 0 Å². The second kappa shape index (κ2) is 3.05. The molecule has 2 unspecified atom stereocenters. The summed E-state index contributed by atoms with van der Waals surface area (Å²) in [4.78, 5) is 0. The van der Waals surface area contributed by atoms with Crippen molar-refractivity contribution in [3.8, 4) is 0 Å². The second-order valence-electron chi connectivity index (χ2n) is 5.52. The van der Waals surface area contributed by atoms with Gasteiger partial charge in [-0.25, -0.2) is 0 Å². The van der Waals surface area contributed by atoms with Crippen molar-refractivity contribution in [3.63, 3.8) is 0 Å². The minimum atomic E-state index is 0. The molecule has 1 radical (unpaired) electrons. The van der Waals surface area contributed by atoms with Gasteiger partial charge in [0.1, 0.15) is 0 Å². The van der Waals surface area contributed by atoms with E-state index in [-0.39, 0.29) is 32.7 Å². The number of hydrogen-bond acceptors (Lipinski definition) is 0. The Balaban J connectivity index is 0.000000563. The Hall–Kier alpha value is 1.10. The van der Waals surface area contributed by atoms with Crippen LogP contribution in [-0.2, 0) is 32.7 Å². The Bertz CT molecular complexity index is 150. The van der Waals surface area contributed by atoms with Gasteiger partial charge in [0.25, 0.3) is 0 Å². The summed E-state index contributed by atoms with van der Waals surface area (Å²) >= 11 is 0. The molecule has 65 valence electrons. The molecule has 0 N–H and O–H groups in total. The minimum Gasteiger partial charge on any atom is -0.313 e. The predicted octanol–water partition coefficient (Wildman–Crippen LogP) is 3.18. The van der Waals surface area contributed by atoms with E-state index in [2.05, 4.69) is 6.92 Å². The third-order valence-corrected chi connectivity index (χ3v) is 4.06. The zero-order valence-electron chi connectivity index (χ0n) is 7.97. The van der Waals surface area contributed by atoms with Gasteiger partial charge in [0.2, 0.25) is 0 Å². The molecule has 0 heterocycles. The van der Waals surface area contributed by atoms with Crippen molar-refractivity contribution in [1.82, 2.24) is 0 Å². The van der Waals surface area contributed by atoms with E-state index in [1.807, 2.05) is 5.92 Å². The molecule has 0 amide bonds. The van der Waals surface area contributed by atoms with Gasteiger partial charge >= 0.3 is 0 Å². The fourth-order valence-electron chi connectivity index (χ4n) is 4.22. The fourth-order valence-corrected chi connectivity index (χ4v) is 4.22. The van der Waals surface area contributed by atoms with Crippen LogP contribution in [0.3, 0.4) is 0 Å². The van der Waals surface area contributed by atoms with E-state index in [4.69, 9.17) is 0 Å². The van der Waals surface area contributed by atoms with Gasteiger partial charge < -0.3 is 5.92 Å². The third kappa shape index (κ3) is 1.44. The molecule has 0 spiro atoms. The smallest absolute Gasteiger partial charge is 0 e. The van der Waals surface area contributed by atoms with E-state index >= 15 is 0 Å². The maximum Gasteiger partial charge on any atom is 0 e. The van der Waals surface area contributed by atoms with E-state index in [0.717, 1.165) is 17.3 Å². The van der Waals surface area contributed by atoms with Crippen molar-refractivity contribution in [2.45, 2.75) is 45.4 Å². The SMILES string of the molecule is CC12C[C-]3CC(CC(C3)C1)C2.[Y]. The molecule has 4 bridgehead atoms. The Morgan fingerprint density at radius 1 is 1.17 bits per heavy atom. The quantitative estimate of drug-likeness (QED) is 0.568. The fraction of sp³-hybridized carbons (Fsp3) is 0.909. The maximum absolute atomic E-state index is 2.52. The third-order valence-electron chi connectivity index (χ3n) is 4.06. The molecule has 4 saturated carbocycles. The van der Waals surface area contributed by atoms with Crippen LogP contribution in [-0.4, -0.2) is 0 Å². The van der Waals surface area contributed by atoms with E-state index in [9.17, 15) is 0 Å². The maximum atomic E-state index is 2.52. The summed E-state index contributed by atoms with van der Waals surface area (Å²) in [5.41, 5.74) is 0.763. The summed E-state index contributed by atoms with van der Waals surface area (Å²) in [5.74, 6) is 4.14. The average molecular weight is 238 g/mol. The van der Waals surface area contributed by atoms with Crippen LogP contribution in [0.4, 0.5) is 0 Å². The van der Waals surface area contributed by atoms with Crippen molar-refractivity contribution in [1.29, 1.82) is 0 Å². The van der Waals surface area contributed by atoms with Gasteiger partial charge in [0.05, 0.1) is 0 Å². The van der Waals surface area contributed by atoms with Crippen LogP contribution < -0.4 is 0 Å². The van der Waals surface area contributed by atoms with Crippen LogP contribution in [0, 0.1) is 23.2 Å². The van der Waals surface area contributed by atoms with E-state index in [1.165, 1.54) is 19.3 Å². The molecular weight excluding hydrogens is 221 g/mol. The van der Waals surface area contributed by atoms with Gasteiger partial charge in [-0.3, -0.25) is 0 Å². The molecule has 0 aromatic rings. The molecule has 1 heteroatoms. The largest absolute Gasteiger partial charge is 0.313 e. The summed E-state index contributed by atoms with van der Waals surface area (Å²) < 4.78 is 0. The van der Waals surface area contributed by atoms with Gasteiger partial charge in [0.15, 0.2) is 0 Å². The van der Waals surface area contributed by atoms with Crippen LogP contribution in [0.25, 0.3) is 0 Å². The molecule has 0 aromatic heterocycles. The Labute approximate surface area is 101 Å². The van der Waals surface area contributed by atoms with Crippen molar-refractivity contribution >= 4 is 0 Å². The number of hydrogen-bond donors (Lipinski definition) is 0. The molecular formula is C11H17Y-. The zero-order valence-corrected chi connectivity index (χ0v) is 10.8.